The zero-order chi connectivity index (χ0) is 11.3. The maximum atomic E-state index is 12.6. The van der Waals surface area contributed by atoms with Gasteiger partial charge in [-0.2, -0.15) is 0 Å². The van der Waals surface area contributed by atoms with E-state index in [9.17, 15) is 9.18 Å². The average molecular weight is 208 g/mol. The molecule has 0 fully saturated rings. The number of hydrogen-bond donors (Lipinski definition) is 0. The van der Waals surface area contributed by atoms with Crippen LogP contribution in [0.1, 0.15) is 19.4 Å². The summed E-state index contributed by atoms with van der Waals surface area (Å²) in [5, 5.41) is 0. The molecule has 0 amide bonds. The van der Waals surface area contributed by atoms with Crippen LogP contribution < -0.4 is 0 Å². The highest BCUT2D eigenvalue weighted by atomic mass is 19.1. The van der Waals surface area contributed by atoms with Crippen molar-refractivity contribution < 1.29 is 13.9 Å². The molecule has 1 atom stereocenters. The first-order valence-electron chi connectivity index (χ1n) is 4.69. The zero-order valence-electron chi connectivity index (χ0n) is 8.74. The molecule has 1 unspecified atom stereocenters. The van der Waals surface area contributed by atoms with Gasteiger partial charge in [0.05, 0.1) is 0 Å². The molecule has 1 rings (SSSR count). The first-order valence-corrected chi connectivity index (χ1v) is 4.69. The first kappa shape index (κ1) is 11.4. The van der Waals surface area contributed by atoms with Gasteiger partial charge in [-0.25, -0.2) is 4.39 Å². The number of esters is 1. The minimum Gasteiger partial charge on any atom is -0.459 e. The summed E-state index contributed by atoms with van der Waals surface area (Å²) < 4.78 is 17.5. The van der Waals surface area contributed by atoms with Crippen LogP contribution >= 0.6 is 0 Å². The van der Waals surface area contributed by atoms with E-state index >= 15 is 0 Å². The number of halogens is 1. The van der Waals surface area contributed by atoms with E-state index in [0.29, 0.717) is 0 Å². The Morgan fingerprint density at radius 2 is 2.00 bits per heavy atom. The van der Waals surface area contributed by atoms with E-state index in [1.54, 1.807) is 31.2 Å². The third-order valence-corrected chi connectivity index (χ3v) is 1.78. The van der Waals surface area contributed by atoms with Gasteiger partial charge in [-0.05, 0) is 30.7 Å². The van der Waals surface area contributed by atoms with Crippen LogP contribution in [0.3, 0.4) is 0 Å². The summed E-state index contributed by atoms with van der Waals surface area (Å²) in [5.74, 6) is -0.577. The fraction of sp³-hybridized carbons (Fsp3) is 0.250. The lowest BCUT2D eigenvalue weighted by Crippen LogP contribution is -2.08. The molecule has 0 aliphatic heterocycles. The van der Waals surface area contributed by atoms with Crippen molar-refractivity contribution >= 4 is 12.0 Å². The van der Waals surface area contributed by atoms with Gasteiger partial charge in [0.2, 0.25) is 0 Å². The van der Waals surface area contributed by atoms with Crippen molar-refractivity contribution in [2.45, 2.75) is 20.0 Å². The lowest BCUT2D eigenvalue weighted by atomic mass is 10.2. The molecule has 0 radical (unpaired) electrons. The molecule has 0 N–H and O–H groups in total. The highest BCUT2D eigenvalue weighted by Gasteiger charge is 1.99. The van der Waals surface area contributed by atoms with Crippen molar-refractivity contribution in [2.75, 3.05) is 0 Å². The zero-order valence-corrected chi connectivity index (χ0v) is 8.74. The SMILES string of the molecule is CC(=O)OC(C)/C=C/c1ccc(F)cc1. The molecule has 0 bridgehead atoms. The van der Waals surface area contributed by atoms with Crippen LogP contribution in [0.15, 0.2) is 30.3 Å². The number of carbonyl (C=O) groups is 1. The Labute approximate surface area is 88.4 Å². The van der Waals surface area contributed by atoms with E-state index in [0.717, 1.165) is 5.56 Å². The minimum atomic E-state index is -0.314. The lowest BCUT2D eigenvalue weighted by molar-refractivity contribution is -0.143. The van der Waals surface area contributed by atoms with Crippen LogP contribution in [0.2, 0.25) is 0 Å². The number of ether oxygens (including phenoxy) is 1. The van der Waals surface area contributed by atoms with Gasteiger partial charge in [-0.15, -0.1) is 0 Å². The molecule has 80 valence electrons. The van der Waals surface area contributed by atoms with Gasteiger partial charge in [0.25, 0.3) is 0 Å². The van der Waals surface area contributed by atoms with Crippen LogP contribution in [-0.2, 0) is 9.53 Å². The van der Waals surface area contributed by atoms with Crippen LogP contribution in [0.5, 0.6) is 0 Å². The third kappa shape index (κ3) is 4.40. The Kier molecular flexibility index (Phi) is 4.03. The summed E-state index contributed by atoms with van der Waals surface area (Å²) in [5.41, 5.74) is 0.871. The topological polar surface area (TPSA) is 26.3 Å². The summed E-state index contributed by atoms with van der Waals surface area (Å²) in [4.78, 5) is 10.6. The second kappa shape index (κ2) is 5.29. The maximum absolute atomic E-state index is 12.6. The summed E-state index contributed by atoms with van der Waals surface area (Å²) in [6.07, 6.45) is 3.26. The molecule has 1 aromatic rings. The number of hydrogen-bond acceptors (Lipinski definition) is 2. The Bertz CT molecular complexity index is 354. The molecule has 0 aliphatic carbocycles. The van der Waals surface area contributed by atoms with Gasteiger partial charge >= 0.3 is 5.97 Å². The van der Waals surface area contributed by atoms with Gasteiger partial charge in [-0.1, -0.05) is 18.2 Å². The van der Waals surface area contributed by atoms with Gasteiger partial charge in [0, 0.05) is 6.92 Å². The van der Waals surface area contributed by atoms with Crippen LogP contribution in [-0.4, -0.2) is 12.1 Å². The predicted octanol–water partition coefficient (Wildman–Crippen LogP) is 2.79. The highest BCUT2D eigenvalue weighted by molar-refractivity contribution is 5.66. The molecule has 3 heteroatoms. The molecule has 0 saturated carbocycles. The fourth-order valence-corrected chi connectivity index (χ4v) is 1.12. The summed E-state index contributed by atoms with van der Waals surface area (Å²) >= 11 is 0. The van der Waals surface area contributed by atoms with E-state index in [4.69, 9.17) is 4.74 Å². The summed E-state index contributed by atoms with van der Waals surface area (Å²) in [6, 6.07) is 6.09. The summed E-state index contributed by atoms with van der Waals surface area (Å²) in [7, 11) is 0. The Morgan fingerprint density at radius 3 is 2.53 bits per heavy atom. The molecule has 0 spiro atoms. The second-order valence-electron chi connectivity index (χ2n) is 3.23. The first-order chi connectivity index (χ1) is 7.08. The maximum Gasteiger partial charge on any atom is 0.303 e. The van der Waals surface area contributed by atoms with Gasteiger partial charge < -0.3 is 4.74 Å². The van der Waals surface area contributed by atoms with Gasteiger partial charge in [0.1, 0.15) is 11.9 Å². The number of rotatable bonds is 3. The molecule has 0 aliphatic rings. The van der Waals surface area contributed by atoms with Crippen molar-refractivity contribution in [3.05, 3.63) is 41.7 Å². The van der Waals surface area contributed by atoms with E-state index < -0.39 is 0 Å². The summed E-state index contributed by atoms with van der Waals surface area (Å²) in [6.45, 7) is 3.13. The molecule has 15 heavy (non-hydrogen) atoms. The predicted molar refractivity (Wildman–Crippen MR) is 56.7 cm³/mol. The van der Waals surface area contributed by atoms with Crippen LogP contribution in [0.4, 0.5) is 4.39 Å². The molecule has 0 saturated heterocycles. The van der Waals surface area contributed by atoms with Crippen molar-refractivity contribution in [2.24, 2.45) is 0 Å². The monoisotopic (exact) mass is 208 g/mol. The van der Waals surface area contributed by atoms with Crippen molar-refractivity contribution in [1.29, 1.82) is 0 Å². The second-order valence-corrected chi connectivity index (χ2v) is 3.23. The Morgan fingerprint density at radius 1 is 1.40 bits per heavy atom. The molecular formula is C12H13FO2. The number of carbonyl (C=O) groups excluding carboxylic acids is 1. The van der Waals surface area contributed by atoms with Crippen molar-refractivity contribution in [1.82, 2.24) is 0 Å². The van der Waals surface area contributed by atoms with Crippen LogP contribution in [0, 0.1) is 5.82 Å². The van der Waals surface area contributed by atoms with Crippen molar-refractivity contribution in [3.8, 4) is 0 Å². The molecule has 2 nitrogen and oxygen atoms in total. The normalized spacial score (nSPS) is 12.7. The van der Waals surface area contributed by atoms with Gasteiger partial charge in [0.15, 0.2) is 0 Å². The third-order valence-electron chi connectivity index (χ3n) is 1.78. The standard InChI is InChI=1S/C12H13FO2/c1-9(15-10(2)14)3-4-11-5-7-12(13)8-6-11/h3-9H,1-2H3/b4-3+. The van der Waals surface area contributed by atoms with Crippen LogP contribution in [0.25, 0.3) is 6.08 Å². The highest BCUT2D eigenvalue weighted by Crippen LogP contribution is 2.06. The smallest absolute Gasteiger partial charge is 0.303 e. The molecule has 1 aromatic carbocycles. The molecular weight excluding hydrogens is 195 g/mol. The van der Waals surface area contributed by atoms with E-state index in [1.807, 2.05) is 0 Å². The minimum absolute atomic E-state index is 0.264. The van der Waals surface area contributed by atoms with Gasteiger partial charge in [-0.3, -0.25) is 4.79 Å². The fourth-order valence-electron chi connectivity index (χ4n) is 1.12. The Hall–Kier alpha value is -1.64. The molecule has 0 aromatic heterocycles. The van der Waals surface area contributed by atoms with Crippen molar-refractivity contribution in [3.63, 3.8) is 0 Å². The lowest BCUT2D eigenvalue weighted by Gasteiger charge is -2.05. The van der Waals surface area contributed by atoms with E-state index in [1.165, 1.54) is 19.1 Å². The molecule has 0 heterocycles. The van der Waals surface area contributed by atoms with E-state index in [-0.39, 0.29) is 17.9 Å². The Balaban J connectivity index is 2.57. The van der Waals surface area contributed by atoms with E-state index in [2.05, 4.69) is 0 Å². The quantitative estimate of drug-likeness (QED) is 0.714. The average Bonchev–Trinajstić information content (AvgIpc) is 2.16. The number of benzene rings is 1. The largest absolute Gasteiger partial charge is 0.459 e.